The van der Waals surface area contributed by atoms with Gasteiger partial charge in [-0.1, -0.05) is 5.92 Å². The van der Waals surface area contributed by atoms with Crippen molar-refractivity contribution in [1.82, 2.24) is 0 Å². The van der Waals surface area contributed by atoms with Gasteiger partial charge in [0.2, 0.25) is 0 Å². The number of ether oxygens (including phenoxy) is 1. The maximum atomic E-state index is 10.7. The van der Waals surface area contributed by atoms with Crippen molar-refractivity contribution in [3.05, 3.63) is 0 Å². The molecule has 1 unspecified atom stereocenters. The summed E-state index contributed by atoms with van der Waals surface area (Å²) < 4.78 is 18.8. The first-order chi connectivity index (χ1) is 5.04. The molecule has 1 atom stereocenters. The predicted octanol–water partition coefficient (Wildman–Crippen LogP) is 0.588. The lowest BCUT2D eigenvalue weighted by Crippen LogP contribution is -2.02. The molecular weight excluding hydrogens is 171 g/mol. The third kappa shape index (κ3) is 3.19. The third-order valence-corrected chi connectivity index (χ3v) is 1.85. The topological polar surface area (TPSA) is 72.8 Å². The van der Waals surface area contributed by atoms with Crippen LogP contribution in [0.1, 0.15) is 0 Å². The number of carbonyl (C=O) groups excluding carboxylic acids is 1. The SMILES string of the molecule is C#CCOP(=O)(O)C(=O)OC. The summed E-state index contributed by atoms with van der Waals surface area (Å²) in [6, 6.07) is 0. The van der Waals surface area contributed by atoms with Crippen LogP contribution in [-0.4, -0.2) is 24.3 Å². The highest BCUT2D eigenvalue weighted by Crippen LogP contribution is 2.43. The quantitative estimate of drug-likeness (QED) is 0.505. The Kier molecular flexibility index (Phi) is 3.83. The number of hydrogen-bond acceptors (Lipinski definition) is 4. The Labute approximate surface area is 63.8 Å². The monoisotopic (exact) mass is 178 g/mol. The molecule has 0 spiro atoms. The van der Waals surface area contributed by atoms with Crippen molar-refractivity contribution in [3.63, 3.8) is 0 Å². The minimum atomic E-state index is -4.30. The van der Waals surface area contributed by atoms with Gasteiger partial charge in [-0.25, -0.2) is 9.36 Å². The molecule has 0 rings (SSSR count). The number of carbonyl (C=O) groups is 1. The summed E-state index contributed by atoms with van der Waals surface area (Å²) in [5, 5.41) is 0. The molecule has 11 heavy (non-hydrogen) atoms. The Balaban J connectivity index is 4.13. The summed E-state index contributed by atoms with van der Waals surface area (Å²) in [5.74, 6) is 1.94. The van der Waals surface area contributed by atoms with Crippen molar-refractivity contribution in [3.8, 4) is 12.3 Å². The fourth-order valence-corrected chi connectivity index (χ4v) is 0.878. The third-order valence-electron chi connectivity index (χ3n) is 0.728. The van der Waals surface area contributed by atoms with Crippen molar-refractivity contribution < 1.29 is 23.5 Å². The number of methoxy groups -OCH3 is 1. The van der Waals surface area contributed by atoms with Gasteiger partial charge in [-0.3, -0.25) is 4.52 Å². The smallest absolute Gasteiger partial charge is 0.436 e. The first kappa shape index (κ1) is 10.2. The Morgan fingerprint density at radius 2 is 2.36 bits per heavy atom. The van der Waals surface area contributed by atoms with Crippen LogP contribution in [0.25, 0.3) is 0 Å². The summed E-state index contributed by atoms with van der Waals surface area (Å²) in [5.41, 5.74) is -1.31. The maximum absolute atomic E-state index is 10.7. The fourth-order valence-electron chi connectivity index (χ4n) is 0.293. The van der Waals surface area contributed by atoms with E-state index in [0.29, 0.717) is 0 Å². The van der Waals surface area contributed by atoms with Gasteiger partial charge in [-0.05, 0) is 0 Å². The molecule has 0 aliphatic carbocycles. The molecule has 5 nitrogen and oxygen atoms in total. The van der Waals surface area contributed by atoms with Crippen molar-refractivity contribution in [2.24, 2.45) is 0 Å². The lowest BCUT2D eigenvalue weighted by molar-refractivity contribution is 0.181. The van der Waals surface area contributed by atoms with Gasteiger partial charge in [0.05, 0.1) is 7.11 Å². The molecule has 0 saturated heterocycles. The van der Waals surface area contributed by atoms with E-state index in [0.717, 1.165) is 7.11 Å². The molecule has 0 fully saturated rings. The molecule has 0 aromatic rings. The number of terminal acetylenes is 1. The summed E-state index contributed by atoms with van der Waals surface area (Å²) in [6.45, 7) is -0.400. The average molecular weight is 178 g/mol. The maximum Gasteiger partial charge on any atom is 0.436 e. The Hall–Kier alpha value is -0.820. The van der Waals surface area contributed by atoms with E-state index in [1.807, 2.05) is 5.92 Å². The van der Waals surface area contributed by atoms with E-state index in [4.69, 9.17) is 11.3 Å². The van der Waals surface area contributed by atoms with Gasteiger partial charge in [0, 0.05) is 0 Å². The van der Waals surface area contributed by atoms with Crippen LogP contribution in [-0.2, 0) is 13.8 Å². The molecule has 0 radical (unpaired) electrons. The number of rotatable bonds is 3. The van der Waals surface area contributed by atoms with Crippen LogP contribution in [0.5, 0.6) is 0 Å². The van der Waals surface area contributed by atoms with Crippen molar-refractivity contribution in [2.45, 2.75) is 0 Å². The molecule has 62 valence electrons. The van der Waals surface area contributed by atoms with Crippen LogP contribution in [0, 0.1) is 12.3 Å². The molecule has 0 amide bonds. The standard InChI is InChI=1S/C5H7O5P/c1-3-4-10-11(7,8)5(6)9-2/h1H,4H2,2H3,(H,7,8). The van der Waals surface area contributed by atoms with E-state index in [9.17, 15) is 9.36 Å². The van der Waals surface area contributed by atoms with Gasteiger partial charge in [0.1, 0.15) is 6.61 Å². The van der Waals surface area contributed by atoms with Crippen molar-refractivity contribution in [1.29, 1.82) is 0 Å². The molecule has 0 bridgehead atoms. The molecule has 0 aromatic heterocycles. The van der Waals surface area contributed by atoms with Crippen LogP contribution in [0.15, 0.2) is 0 Å². The van der Waals surface area contributed by atoms with Gasteiger partial charge in [0.15, 0.2) is 0 Å². The molecular formula is C5H7O5P. The molecule has 0 aromatic carbocycles. The first-order valence-corrected chi connectivity index (χ1v) is 4.11. The molecule has 6 heteroatoms. The van der Waals surface area contributed by atoms with Crippen LogP contribution < -0.4 is 0 Å². The zero-order valence-electron chi connectivity index (χ0n) is 5.81. The van der Waals surface area contributed by atoms with E-state index in [1.54, 1.807) is 0 Å². The highest BCUT2D eigenvalue weighted by atomic mass is 31.2. The Morgan fingerprint density at radius 1 is 1.82 bits per heavy atom. The largest absolute Gasteiger partial charge is 0.460 e. The fraction of sp³-hybridized carbons (Fsp3) is 0.400. The van der Waals surface area contributed by atoms with Gasteiger partial charge >= 0.3 is 13.3 Å². The lowest BCUT2D eigenvalue weighted by Gasteiger charge is -2.05. The van der Waals surface area contributed by atoms with Crippen molar-refractivity contribution >= 4 is 13.3 Å². The van der Waals surface area contributed by atoms with Crippen LogP contribution in [0.4, 0.5) is 4.79 Å². The normalized spacial score (nSPS) is 14.6. The second kappa shape index (κ2) is 4.14. The minimum absolute atomic E-state index is 0.400. The second-order valence-electron chi connectivity index (χ2n) is 1.47. The van der Waals surface area contributed by atoms with E-state index in [2.05, 4.69) is 9.26 Å². The number of hydrogen-bond donors (Lipinski definition) is 1. The van der Waals surface area contributed by atoms with Gasteiger partial charge < -0.3 is 9.63 Å². The highest BCUT2D eigenvalue weighted by Gasteiger charge is 2.31. The predicted molar refractivity (Wildman–Crippen MR) is 37.0 cm³/mol. The van der Waals surface area contributed by atoms with Gasteiger partial charge in [0.25, 0.3) is 0 Å². The van der Waals surface area contributed by atoms with Crippen LogP contribution in [0.2, 0.25) is 0 Å². The molecule has 0 heterocycles. The van der Waals surface area contributed by atoms with E-state index < -0.39 is 19.9 Å². The lowest BCUT2D eigenvalue weighted by atomic mass is 10.8. The van der Waals surface area contributed by atoms with Crippen molar-refractivity contribution in [2.75, 3.05) is 13.7 Å². The van der Waals surface area contributed by atoms with Crippen LogP contribution in [0.3, 0.4) is 0 Å². The molecule has 0 saturated carbocycles. The van der Waals surface area contributed by atoms with Gasteiger partial charge in [-0.2, -0.15) is 0 Å². The average Bonchev–Trinajstić information content (AvgIpc) is 1.99. The molecule has 0 aliphatic heterocycles. The summed E-state index contributed by atoms with van der Waals surface area (Å²) in [7, 11) is -3.33. The second-order valence-corrected chi connectivity index (χ2v) is 3.13. The Morgan fingerprint density at radius 3 is 2.73 bits per heavy atom. The van der Waals surface area contributed by atoms with E-state index in [-0.39, 0.29) is 0 Å². The van der Waals surface area contributed by atoms with E-state index in [1.165, 1.54) is 0 Å². The molecule has 1 N–H and O–H groups in total. The van der Waals surface area contributed by atoms with E-state index >= 15 is 0 Å². The zero-order chi connectivity index (χ0) is 8.91. The Bertz CT molecular complexity index is 228. The summed E-state index contributed by atoms with van der Waals surface area (Å²) in [6.07, 6.45) is 4.72. The minimum Gasteiger partial charge on any atom is -0.460 e. The zero-order valence-corrected chi connectivity index (χ0v) is 6.71. The highest BCUT2D eigenvalue weighted by molar-refractivity contribution is 7.70. The van der Waals surface area contributed by atoms with Crippen LogP contribution >= 0.6 is 7.60 Å². The summed E-state index contributed by atoms with van der Waals surface area (Å²) in [4.78, 5) is 19.1. The van der Waals surface area contributed by atoms with Gasteiger partial charge in [-0.15, -0.1) is 6.42 Å². The summed E-state index contributed by atoms with van der Waals surface area (Å²) >= 11 is 0. The molecule has 0 aliphatic rings. The first-order valence-electron chi connectivity index (χ1n) is 2.54.